The molecular formula is C34H41F3N8O2. The fraction of sp³-hybridized carbons (Fsp3) is 0.500. The number of hydrogen-bond donors (Lipinski definition) is 1. The maximum atomic E-state index is 14.6. The van der Waals surface area contributed by atoms with Crippen LogP contribution in [-0.2, 0) is 42.9 Å². The molecule has 1 saturated carbocycles. The van der Waals surface area contributed by atoms with Gasteiger partial charge in [-0.1, -0.05) is 26.8 Å². The number of halogens is 3. The van der Waals surface area contributed by atoms with Crippen LogP contribution in [0.3, 0.4) is 0 Å². The molecule has 250 valence electrons. The zero-order chi connectivity index (χ0) is 33.7. The van der Waals surface area contributed by atoms with Crippen LogP contribution in [0.5, 0.6) is 0 Å². The van der Waals surface area contributed by atoms with Gasteiger partial charge < -0.3 is 14.8 Å². The Morgan fingerprint density at radius 1 is 1.17 bits per heavy atom. The van der Waals surface area contributed by atoms with Gasteiger partial charge in [0.15, 0.2) is 0 Å². The van der Waals surface area contributed by atoms with Crippen LogP contribution in [0, 0.1) is 5.92 Å². The molecule has 1 atom stereocenters. The molecule has 3 aromatic rings. The van der Waals surface area contributed by atoms with E-state index in [0.717, 1.165) is 56.4 Å². The number of aromatic nitrogens is 4. The second-order valence-corrected chi connectivity index (χ2v) is 13.6. The van der Waals surface area contributed by atoms with Gasteiger partial charge in [0.2, 0.25) is 5.91 Å². The zero-order valence-corrected chi connectivity index (χ0v) is 27.3. The van der Waals surface area contributed by atoms with Crippen molar-refractivity contribution in [3.05, 3.63) is 76.9 Å². The van der Waals surface area contributed by atoms with Crippen LogP contribution < -0.4 is 10.2 Å². The quantitative estimate of drug-likeness (QED) is 0.328. The Morgan fingerprint density at radius 2 is 1.94 bits per heavy atom. The second kappa shape index (κ2) is 12.5. The molecule has 0 bridgehead atoms. The van der Waals surface area contributed by atoms with Crippen LogP contribution in [0.2, 0.25) is 0 Å². The van der Waals surface area contributed by atoms with Crippen molar-refractivity contribution < 1.29 is 22.8 Å². The van der Waals surface area contributed by atoms with Crippen molar-refractivity contribution in [1.29, 1.82) is 0 Å². The van der Waals surface area contributed by atoms with E-state index in [9.17, 15) is 22.8 Å². The lowest BCUT2D eigenvalue weighted by atomic mass is 9.62. The number of anilines is 2. The van der Waals surface area contributed by atoms with Crippen LogP contribution in [0.4, 0.5) is 24.8 Å². The molecule has 1 unspecified atom stereocenters. The average Bonchev–Trinajstić information content (AvgIpc) is 3.56. The lowest BCUT2D eigenvalue weighted by Gasteiger charge is -2.42. The highest BCUT2D eigenvalue weighted by molar-refractivity contribution is 6.10. The predicted octanol–water partition coefficient (Wildman–Crippen LogP) is 4.95. The molecule has 0 spiro atoms. The number of carbonyl (C=O) groups excluding carboxylic acids is 2. The number of carbonyl (C=O) groups is 2. The Kier molecular flexibility index (Phi) is 8.73. The second-order valence-electron chi connectivity index (χ2n) is 13.6. The van der Waals surface area contributed by atoms with Gasteiger partial charge in [-0.2, -0.15) is 13.2 Å². The number of nitrogens with zero attached hydrogens (tertiary/aromatic N) is 7. The van der Waals surface area contributed by atoms with Crippen molar-refractivity contribution in [3.63, 3.8) is 0 Å². The van der Waals surface area contributed by atoms with E-state index in [1.54, 1.807) is 24.5 Å². The van der Waals surface area contributed by atoms with E-state index in [-0.39, 0.29) is 40.8 Å². The molecule has 2 aliphatic heterocycles. The van der Waals surface area contributed by atoms with Crippen LogP contribution in [0.15, 0.2) is 43.2 Å². The summed E-state index contributed by atoms with van der Waals surface area (Å²) in [6, 6.07) is 6.55. The summed E-state index contributed by atoms with van der Waals surface area (Å²) >= 11 is 0. The number of amides is 2. The summed E-state index contributed by atoms with van der Waals surface area (Å²) < 4.78 is 45.7. The fourth-order valence-electron chi connectivity index (χ4n) is 7.19. The Bertz CT molecular complexity index is 1700. The molecule has 13 heteroatoms. The first-order chi connectivity index (χ1) is 22.3. The lowest BCUT2D eigenvalue weighted by Crippen LogP contribution is -2.53. The van der Waals surface area contributed by atoms with Crippen molar-refractivity contribution in [2.45, 2.75) is 70.3 Å². The topological polar surface area (TPSA) is 99.5 Å². The van der Waals surface area contributed by atoms with Crippen LogP contribution in [-0.4, -0.2) is 74.1 Å². The SMILES string of the molecule is C=CC(=O)Nc1cc(C2(Cc3nncn3C)CCC2)cc(N2Cc3c(cc(CN4CCN(C)CC4C(C)C)cc3C(F)(F)F)C2=O)n1. The van der Waals surface area contributed by atoms with Gasteiger partial charge in [0.25, 0.3) is 5.91 Å². The molecule has 4 heterocycles. The van der Waals surface area contributed by atoms with Gasteiger partial charge in [-0.15, -0.1) is 10.2 Å². The number of alkyl halides is 3. The average molecular weight is 651 g/mol. The molecule has 1 N–H and O–H groups in total. The van der Waals surface area contributed by atoms with Gasteiger partial charge in [-0.25, -0.2) is 4.98 Å². The van der Waals surface area contributed by atoms with E-state index in [0.29, 0.717) is 24.4 Å². The molecule has 47 heavy (non-hydrogen) atoms. The zero-order valence-electron chi connectivity index (χ0n) is 27.3. The van der Waals surface area contributed by atoms with Gasteiger partial charge in [0.05, 0.1) is 12.1 Å². The van der Waals surface area contributed by atoms with Gasteiger partial charge in [0.1, 0.15) is 23.8 Å². The standard InChI is InChI=1S/C34H41F3N8O2/c1-6-31(46)40-28-14-23(33(8-7-9-33)16-30-41-38-20-43(30)5)15-29(39-28)45-18-25-24(32(45)47)12-22(13-26(25)34(35,36)37)17-44-11-10-42(4)19-27(44)21(2)3/h6,12-15,20-21,27H,1,7-11,16-19H2,2-5H3,(H,39,40,46). The summed E-state index contributed by atoms with van der Waals surface area (Å²) in [6.45, 7) is 10.2. The first-order valence-corrected chi connectivity index (χ1v) is 16.0. The van der Waals surface area contributed by atoms with E-state index in [1.165, 1.54) is 11.0 Å². The first-order valence-electron chi connectivity index (χ1n) is 16.0. The summed E-state index contributed by atoms with van der Waals surface area (Å²) in [4.78, 5) is 36.7. The minimum atomic E-state index is -4.65. The molecule has 10 nitrogen and oxygen atoms in total. The number of fused-ring (bicyclic) bond motifs is 1. The third-order valence-electron chi connectivity index (χ3n) is 10.0. The number of hydrogen-bond acceptors (Lipinski definition) is 7. The molecule has 1 aromatic carbocycles. The molecule has 0 radical (unpaired) electrons. The number of pyridine rings is 1. The summed E-state index contributed by atoms with van der Waals surface area (Å²) in [5.74, 6) is 0.440. The number of piperazine rings is 1. The number of likely N-dealkylation sites (N-methyl/N-ethyl adjacent to an activating group) is 1. The van der Waals surface area contributed by atoms with Crippen molar-refractivity contribution in [1.82, 2.24) is 29.5 Å². The molecule has 2 fully saturated rings. The van der Waals surface area contributed by atoms with Crippen LogP contribution >= 0.6 is 0 Å². The molecule has 3 aliphatic rings. The Labute approximate surface area is 272 Å². The normalized spacial score (nSPS) is 20.0. The highest BCUT2D eigenvalue weighted by atomic mass is 19.4. The molecule has 2 amide bonds. The van der Waals surface area contributed by atoms with Crippen LogP contribution in [0.25, 0.3) is 0 Å². The van der Waals surface area contributed by atoms with Crippen molar-refractivity contribution in [3.8, 4) is 0 Å². The van der Waals surface area contributed by atoms with E-state index in [1.807, 2.05) is 11.6 Å². The van der Waals surface area contributed by atoms with E-state index >= 15 is 0 Å². The van der Waals surface area contributed by atoms with Crippen molar-refractivity contribution in [2.75, 3.05) is 36.9 Å². The summed E-state index contributed by atoms with van der Waals surface area (Å²) in [7, 11) is 3.92. The highest BCUT2D eigenvalue weighted by Crippen LogP contribution is 2.48. The maximum absolute atomic E-state index is 14.6. The molecule has 1 saturated heterocycles. The van der Waals surface area contributed by atoms with Gasteiger partial charge in [0, 0.05) is 56.7 Å². The Balaban J connectivity index is 1.38. The van der Waals surface area contributed by atoms with Gasteiger partial charge >= 0.3 is 6.18 Å². The first kappa shape index (κ1) is 32.8. The number of benzene rings is 1. The Hall–Kier alpha value is -4.10. The summed E-state index contributed by atoms with van der Waals surface area (Å²) in [5, 5.41) is 11.0. The van der Waals surface area contributed by atoms with Crippen molar-refractivity contribution >= 4 is 23.5 Å². The number of nitrogens with one attached hydrogen (secondary N) is 1. The third-order valence-corrected chi connectivity index (χ3v) is 10.0. The molecule has 6 rings (SSSR count). The summed E-state index contributed by atoms with van der Waals surface area (Å²) in [5.41, 5.74) is 0.0927. The fourth-order valence-corrected chi connectivity index (χ4v) is 7.19. The van der Waals surface area contributed by atoms with Gasteiger partial charge in [-0.05, 0) is 72.8 Å². The van der Waals surface area contributed by atoms with E-state index in [2.05, 4.69) is 57.8 Å². The Morgan fingerprint density at radius 3 is 2.55 bits per heavy atom. The van der Waals surface area contributed by atoms with Crippen LogP contribution in [0.1, 0.15) is 71.5 Å². The van der Waals surface area contributed by atoms with Gasteiger partial charge in [-0.3, -0.25) is 19.4 Å². The van der Waals surface area contributed by atoms with E-state index < -0.39 is 23.6 Å². The maximum Gasteiger partial charge on any atom is 0.416 e. The minimum Gasteiger partial charge on any atom is -0.321 e. The summed E-state index contributed by atoms with van der Waals surface area (Å²) in [6.07, 6.45) is 1.30. The monoisotopic (exact) mass is 650 g/mol. The molecule has 2 aromatic heterocycles. The highest BCUT2D eigenvalue weighted by Gasteiger charge is 2.44. The molecular weight excluding hydrogens is 609 g/mol. The molecule has 1 aliphatic carbocycles. The van der Waals surface area contributed by atoms with Crippen molar-refractivity contribution in [2.24, 2.45) is 13.0 Å². The predicted molar refractivity (Wildman–Crippen MR) is 172 cm³/mol. The minimum absolute atomic E-state index is 0.0337. The smallest absolute Gasteiger partial charge is 0.321 e. The third kappa shape index (κ3) is 6.42. The largest absolute Gasteiger partial charge is 0.416 e. The van der Waals surface area contributed by atoms with E-state index in [4.69, 9.17) is 0 Å². The lowest BCUT2D eigenvalue weighted by molar-refractivity contribution is -0.138. The number of aryl methyl sites for hydroxylation is 1. The number of rotatable bonds is 9.